The molecule has 1 fully saturated rings. The first kappa shape index (κ1) is 23.2. The lowest BCUT2D eigenvalue weighted by Gasteiger charge is -2.15. The number of nitrogens with zero attached hydrogens (tertiary/aromatic N) is 1. The molecule has 168 valence electrons. The predicted octanol–water partition coefficient (Wildman–Crippen LogP) is 6.86. The van der Waals surface area contributed by atoms with Crippen molar-refractivity contribution in [3.8, 4) is 11.5 Å². The molecule has 5 nitrogen and oxygen atoms in total. The number of hydrogen-bond donors (Lipinski definition) is 1. The number of hydrogen-bond acceptors (Lipinski definition) is 5. The molecular formula is C25H20Cl2N2O3S. The van der Waals surface area contributed by atoms with Crippen molar-refractivity contribution in [1.29, 1.82) is 0 Å². The van der Waals surface area contributed by atoms with Gasteiger partial charge in [0.05, 0.1) is 22.2 Å². The summed E-state index contributed by atoms with van der Waals surface area (Å²) in [5.74, 6) is 0.740. The van der Waals surface area contributed by atoms with Crippen LogP contribution in [0.3, 0.4) is 0 Å². The molecule has 1 amide bonds. The quantitative estimate of drug-likeness (QED) is 0.361. The zero-order valence-corrected chi connectivity index (χ0v) is 20.0. The molecule has 0 saturated carbocycles. The summed E-state index contributed by atoms with van der Waals surface area (Å²) in [5, 5.41) is 4.37. The third-order valence-corrected chi connectivity index (χ3v) is 6.01. The topological polar surface area (TPSA) is 59.9 Å². The zero-order valence-electron chi connectivity index (χ0n) is 17.7. The van der Waals surface area contributed by atoms with E-state index in [9.17, 15) is 4.79 Å². The number of benzene rings is 3. The molecule has 1 aliphatic heterocycles. The van der Waals surface area contributed by atoms with Gasteiger partial charge in [0, 0.05) is 5.02 Å². The molecule has 0 aliphatic carbocycles. The number of rotatable bonds is 7. The summed E-state index contributed by atoms with van der Waals surface area (Å²) < 4.78 is 11.7. The van der Waals surface area contributed by atoms with E-state index < -0.39 is 0 Å². The summed E-state index contributed by atoms with van der Waals surface area (Å²) in [6.45, 7) is 2.64. The van der Waals surface area contributed by atoms with Crippen LogP contribution < -0.4 is 14.8 Å². The minimum atomic E-state index is -0.216. The number of amides is 1. The fraction of sp³-hybridized carbons (Fsp3) is 0.120. The Morgan fingerprint density at radius 3 is 2.52 bits per heavy atom. The molecule has 1 heterocycles. The first-order chi connectivity index (χ1) is 16.0. The third-order valence-electron chi connectivity index (χ3n) is 4.56. The van der Waals surface area contributed by atoms with Gasteiger partial charge in [0.1, 0.15) is 6.61 Å². The van der Waals surface area contributed by atoms with Gasteiger partial charge >= 0.3 is 0 Å². The van der Waals surface area contributed by atoms with Crippen LogP contribution in [0.4, 0.5) is 5.69 Å². The second-order valence-corrected chi connectivity index (χ2v) is 8.87. The van der Waals surface area contributed by atoms with Crippen molar-refractivity contribution >= 4 is 57.8 Å². The summed E-state index contributed by atoms with van der Waals surface area (Å²) in [5.41, 5.74) is 2.44. The standard InChI is InChI=1S/C25H20Cl2N2O3S/c1-2-31-21-13-17(12-20(27)23(21)32-15-16-8-10-18(26)11-9-16)14-22-24(30)29-25(33-22)28-19-6-4-3-5-7-19/h3-14H,2,15H2,1H3,(H,28,29,30)/b22-14-. The lowest BCUT2D eigenvalue weighted by molar-refractivity contribution is -0.115. The Morgan fingerprint density at radius 1 is 1.03 bits per heavy atom. The molecule has 33 heavy (non-hydrogen) atoms. The van der Waals surface area contributed by atoms with Gasteiger partial charge in [-0.1, -0.05) is 53.5 Å². The highest BCUT2D eigenvalue weighted by molar-refractivity contribution is 8.18. The summed E-state index contributed by atoms with van der Waals surface area (Å²) in [6, 6.07) is 20.4. The largest absolute Gasteiger partial charge is 0.490 e. The minimum absolute atomic E-state index is 0.216. The SMILES string of the molecule is CCOc1cc(/C=C2\SC(=Nc3ccccc3)NC2=O)cc(Cl)c1OCc1ccc(Cl)cc1. The summed E-state index contributed by atoms with van der Waals surface area (Å²) in [4.78, 5) is 17.4. The van der Waals surface area contributed by atoms with Crippen molar-refractivity contribution in [2.75, 3.05) is 6.61 Å². The van der Waals surface area contributed by atoms with Gasteiger partial charge in [-0.2, -0.15) is 0 Å². The Morgan fingerprint density at radius 2 is 1.79 bits per heavy atom. The average Bonchev–Trinajstić information content (AvgIpc) is 3.13. The molecule has 3 aromatic rings. The van der Waals surface area contributed by atoms with Crippen molar-refractivity contribution in [3.63, 3.8) is 0 Å². The van der Waals surface area contributed by atoms with Crippen LogP contribution in [0.15, 0.2) is 76.6 Å². The number of thioether (sulfide) groups is 1. The van der Waals surface area contributed by atoms with Gasteiger partial charge in [0.15, 0.2) is 16.7 Å². The molecule has 1 N–H and O–H groups in total. The van der Waals surface area contributed by atoms with E-state index in [-0.39, 0.29) is 5.91 Å². The minimum Gasteiger partial charge on any atom is -0.490 e. The second-order valence-electron chi connectivity index (χ2n) is 7.00. The molecule has 0 atom stereocenters. The number of ether oxygens (including phenoxy) is 2. The first-order valence-electron chi connectivity index (χ1n) is 10.2. The monoisotopic (exact) mass is 498 g/mol. The van der Waals surface area contributed by atoms with E-state index in [1.54, 1.807) is 30.3 Å². The number of para-hydroxylation sites is 1. The molecule has 0 unspecified atom stereocenters. The van der Waals surface area contributed by atoms with Crippen LogP contribution in [0, 0.1) is 0 Å². The Labute approximate surface area is 206 Å². The number of aliphatic imine (C=N–C) groups is 1. The number of halogens is 2. The maximum Gasteiger partial charge on any atom is 0.264 e. The van der Waals surface area contributed by atoms with Crippen molar-refractivity contribution in [3.05, 3.63) is 92.8 Å². The van der Waals surface area contributed by atoms with Crippen LogP contribution in [0.2, 0.25) is 10.0 Å². The molecule has 4 rings (SSSR count). The van der Waals surface area contributed by atoms with Gasteiger partial charge in [-0.15, -0.1) is 0 Å². The molecule has 1 saturated heterocycles. The van der Waals surface area contributed by atoms with E-state index in [0.717, 1.165) is 16.8 Å². The molecule has 1 aliphatic rings. The van der Waals surface area contributed by atoms with Crippen molar-refractivity contribution < 1.29 is 14.3 Å². The van der Waals surface area contributed by atoms with Crippen LogP contribution in [-0.2, 0) is 11.4 Å². The van der Waals surface area contributed by atoms with E-state index in [2.05, 4.69) is 10.3 Å². The average molecular weight is 499 g/mol. The van der Waals surface area contributed by atoms with E-state index in [4.69, 9.17) is 32.7 Å². The Balaban J connectivity index is 1.55. The molecule has 0 spiro atoms. The van der Waals surface area contributed by atoms with Crippen LogP contribution >= 0.6 is 35.0 Å². The normalized spacial score (nSPS) is 15.7. The van der Waals surface area contributed by atoms with Gasteiger partial charge < -0.3 is 14.8 Å². The fourth-order valence-electron chi connectivity index (χ4n) is 3.06. The second kappa shape index (κ2) is 10.8. The maximum atomic E-state index is 12.4. The zero-order chi connectivity index (χ0) is 23.2. The predicted molar refractivity (Wildman–Crippen MR) is 136 cm³/mol. The van der Waals surface area contributed by atoms with Crippen molar-refractivity contribution in [1.82, 2.24) is 5.32 Å². The molecular weight excluding hydrogens is 479 g/mol. The highest BCUT2D eigenvalue weighted by Crippen LogP contribution is 2.39. The van der Waals surface area contributed by atoms with E-state index in [1.807, 2.05) is 49.4 Å². The van der Waals surface area contributed by atoms with Gasteiger partial charge in [-0.25, -0.2) is 4.99 Å². The van der Waals surface area contributed by atoms with E-state index in [1.165, 1.54) is 11.8 Å². The van der Waals surface area contributed by atoms with Crippen LogP contribution in [0.1, 0.15) is 18.1 Å². The van der Waals surface area contributed by atoms with Crippen molar-refractivity contribution in [2.45, 2.75) is 13.5 Å². The first-order valence-corrected chi connectivity index (χ1v) is 11.8. The van der Waals surface area contributed by atoms with Gasteiger partial charge in [0.25, 0.3) is 5.91 Å². The van der Waals surface area contributed by atoms with Crippen LogP contribution in [0.25, 0.3) is 6.08 Å². The summed E-state index contributed by atoms with van der Waals surface area (Å²) >= 11 is 13.7. The molecule has 0 radical (unpaired) electrons. The Kier molecular flexibility index (Phi) is 7.60. The fourth-order valence-corrected chi connectivity index (χ4v) is 4.30. The lowest BCUT2D eigenvalue weighted by atomic mass is 10.1. The molecule has 8 heteroatoms. The summed E-state index contributed by atoms with van der Waals surface area (Å²) in [6.07, 6.45) is 1.75. The van der Waals surface area contributed by atoms with Gasteiger partial charge in [0.2, 0.25) is 0 Å². The van der Waals surface area contributed by atoms with E-state index >= 15 is 0 Å². The molecule has 0 bridgehead atoms. The number of nitrogens with one attached hydrogen (secondary N) is 1. The Hall–Kier alpha value is -2.93. The lowest BCUT2D eigenvalue weighted by Crippen LogP contribution is -2.19. The third kappa shape index (κ3) is 6.11. The number of carbonyl (C=O) groups excluding carboxylic acids is 1. The summed E-state index contributed by atoms with van der Waals surface area (Å²) in [7, 11) is 0. The number of carbonyl (C=O) groups is 1. The molecule has 0 aromatic heterocycles. The Bertz CT molecular complexity index is 1210. The molecule has 3 aromatic carbocycles. The van der Waals surface area contributed by atoms with E-state index in [0.29, 0.717) is 44.8 Å². The highest BCUT2D eigenvalue weighted by atomic mass is 35.5. The van der Waals surface area contributed by atoms with Crippen LogP contribution in [-0.4, -0.2) is 17.7 Å². The smallest absolute Gasteiger partial charge is 0.264 e. The van der Waals surface area contributed by atoms with Gasteiger partial charge in [-0.3, -0.25) is 4.79 Å². The van der Waals surface area contributed by atoms with Gasteiger partial charge in [-0.05, 0) is 72.3 Å². The van der Waals surface area contributed by atoms with Crippen molar-refractivity contribution in [2.24, 2.45) is 4.99 Å². The maximum absolute atomic E-state index is 12.4. The highest BCUT2D eigenvalue weighted by Gasteiger charge is 2.24. The van der Waals surface area contributed by atoms with Crippen LogP contribution in [0.5, 0.6) is 11.5 Å². The number of amidine groups is 1.